The highest BCUT2D eigenvalue weighted by Gasteiger charge is 2.17. The van der Waals surface area contributed by atoms with Crippen molar-refractivity contribution in [2.24, 2.45) is 0 Å². The van der Waals surface area contributed by atoms with Crippen LogP contribution in [0.1, 0.15) is 41.9 Å². The van der Waals surface area contributed by atoms with E-state index in [4.69, 9.17) is 14.9 Å². The van der Waals surface area contributed by atoms with Crippen LogP contribution in [0.4, 0.5) is 5.69 Å². The highest BCUT2D eigenvalue weighted by Crippen LogP contribution is 2.26. The molecule has 0 amide bonds. The van der Waals surface area contributed by atoms with Gasteiger partial charge < -0.3 is 14.8 Å². The van der Waals surface area contributed by atoms with Gasteiger partial charge in [-0.1, -0.05) is 19.9 Å². The van der Waals surface area contributed by atoms with Gasteiger partial charge in [-0.05, 0) is 42.5 Å². The van der Waals surface area contributed by atoms with Gasteiger partial charge in [-0.15, -0.1) is 11.3 Å². The number of esters is 1. The van der Waals surface area contributed by atoms with Crippen LogP contribution in [0, 0.1) is 5.41 Å². The van der Waals surface area contributed by atoms with Crippen LogP contribution >= 0.6 is 11.3 Å². The lowest BCUT2D eigenvalue weighted by molar-refractivity contribution is 0.0592. The molecule has 0 unspecified atom stereocenters. The minimum atomic E-state index is -0.456. The molecule has 2 N–H and O–H groups in total. The van der Waals surface area contributed by atoms with Gasteiger partial charge in [-0.2, -0.15) is 0 Å². The largest absolute Gasteiger partial charge is 0.490 e. The molecule has 5 nitrogen and oxygen atoms in total. The number of nitrogens with one attached hydrogen (secondary N) is 2. The molecule has 0 saturated carbocycles. The zero-order valence-electron chi connectivity index (χ0n) is 14.1. The van der Waals surface area contributed by atoms with Gasteiger partial charge in [-0.3, -0.25) is 5.41 Å². The summed E-state index contributed by atoms with van der Waals surface area (Å²) < 4.78 is 10.8. The molecule has 1 aromatic carbocycles. The minimum Gasteiger partial charge on any atom is -0.490 e. The van der Waals surface area contributed by atoms with Gasteiger partial charge in [0.25, 0.3) is 0 Å². The molecule has 2 rings (SSSR count). The molecule has 1 heterocycles. The van der Waals surface area contributed by atoms with Gasteiger partial charge in [0.05, 0.1) is 18.1 Å². The molecule has 0 aliphatic heterocycles. The Morgan fingerprint density at radius 3 is 2.62 bits per heavy atom. The molecule has 0 spiro atoms. The SMILES string of the molecule is CCC(CC)Oc1ccc(NC(=N)c2cccs2)cc1C(=O)OC. The summed E-state index contributed by atoms with van der Waals surface area (Å²) in [5.74, 6) is 0.334. The van der Waals surface area contributed by atoms with Crippen molar-refractivity contribution in [3.05, 3.63) is 46.2 Å². The van der Waals surface area contributed by atoms with Crippen molar-refractivity contribution in [3.8, 4) is 5.75 Å². The Morgan fingerprint density at radius 2 is 2.04 bits per heavy atom. The van der Waals surface area contributed by atoms with Crippen LogP contribution in [0.25, 0.3) is 0 Å². The molecule has 0 atom stereocenters. The monoisotopic (exact) mass is 346 g/mol. The van der Waals surface area contributed by atoms with Crippen LogP contribution < -0.4 is 10.1 Å². The van der Waals surface area contributed by atoms with Gasteiger partial charge in [0.15, 0.2) is 0 Å². The Labute approximate surface area is 146 Å². The van der Waals surface area contributed by atoms with Gasteiger partial charge in [0.2, 0.25) is 0 Å². The van der Waals surface area contributed by atoms with Gasteiger partial charge in [0.1, 0.15) is 17.1 Å². The molecule has 0 aliphatic carbocycles. The third-order valence-electron chi connectivity index (χ3n) is 3.63. The number of carbonyl (C=O) groups excluding carboxylic acids is 1. The summed E-state index contributed by atoms with van der Waals surface area (Å²) in [4.78, 5) is 12.9. The molecular weight excluding hydrogens is 324 g/mol. The average Bonchev–Trinajstić information content (AvgIpc) is 3.14. The molecule has 1 aromatic heterocycles. The Balaban J connectivity index is 2.25. The quantitative estimate of drug-likeness (QED) is 0.439. The predicted molar refractivity (Wildman–Crippen MR) is 97.5 cm³/mol. The topological polar surface area (TPSA) is 71.4 Å². The summed E-state index contributed by atoms with van der Waals surface area (Å²) in [7, 11) is 1.34. The fourth-order valence-corrected chi connectivity index (χ4v) is 2.87. The second-order valence-electron chi connectivity index (χ2n) is 5.24. The number of carbonyl (C=O) groups is 1. The highest BCUT2D eigenvalue weighted by atomic mass is 32.1. The molecule has 0 fully saturated rings. The predicted octanol–water partition coefficient (Wildman–Crippen LogP) is 4.54. The summed E-state index contributed by atoms with van der Waals surface area (Å²) >= 11 is 1.48. The molecular formula is C18H22N2O3S. The Morgan fingerprint density at radius 1 is 1.29 bits per heavy atom. The number of anilines is 1. The molecule has 0 aliphatic rings. The standard InChI is InChI=1S/C18H22N2O3S/c1-4-13(5-2)23-15-9-8-12(11-14(15)18(21)22-3)20-17(19)16-7-6-10-24-16/h6-11,13H,4-5H2,1-3H3,(H2,19,20). The number of thiophene rings is 1. The third-order valence-corrected chi connectivity index (χ3v) is 4.51. The average molecular weight is 346 g/mol. The van der Waals surface area contributed by atoms with E-state index in [0.717, 1.165) is 17.7 Å². The van der Waals surface area contributed by atoms with Crippen molar-refractivity contribution in [3.63, 3.8) is 0 Å². The van der Waals surface area contributed by atoms with E-state index in [0.29, 0.717) is 17.0 Å². The lowest BCUT2D eigenvalue weighted by Gasteiger charge is -2.18. The summed E-state index contributed by atoms with van der Waals surface area (Å²) in [6.07, 6.45) is 1.77. The number of hydrogen-bond acceptors (Lipinski definition) is 5. The van der Waals surface area contributed by atoms with Crippen LogP contribution in [0.2, 0.25) is 0 Å². The maximum atomic E-state index is 12.1. The molecule has 128 valence electrons. The van der Waals surface area contributed by atoms with Crippen molar-refractivity contribution < 1.29 is 14.3 Å². The van der Waals surface area contributed by atoms with E-state index in [1.54, 1.807) is 18.2 Å². The molecule has 0 radical (unpaired) electrons. The van der Waals surface area contributed by atoms with Crippen molar-refractivity contribution in [1.82, 2.24) is 0 Å². The van der Waals surface area contributed by atoms with Crippen LogP contribution in [-0.4, -0.2) is 25.0 Å². The second-order valence-corrected chi connectivity index (χ2v) is 6.18. The lowest BCUT2D eigenvalue weighted by Crippen LogP contribution is -2.17. The number of rotatable bonds is 7. The van der Waals surface area contributed by atoms with Crippen molar-refractivity contribution in [1.29, 1.82) is 5.41 Å². The molecule has 24 heavy (non-hydrogen) atoms. The van der Waals surface area contributed by atoms with Crippen molar-refractivity contribution >= 4 is 28.8 Å². The van der Waals surface area contributed by atoms with Crippen LogP contribution in [0.15, 0.2) is 35.7 Å². The molecule has 2 aromatic rings. The fraction of sp³-hybridized carbons (Fsp3) is 0.333. The molecule has 0 saturated heterocycles. The zero-order valence-corrected chi connectivity index (χ0v) is 14.9. The highest BCUT2D eigenvalue weighted by molar-refractivity contribution is 7.12. The number of methoxy groups -OCH3 is 1. The van der Waals surface area contributed by atoms with Crippen LogP contribution in [0.3, 0.4) is 0 Å². The van der Waals surface area contributed by atoms with E-state index >= 15 is 0 Å². The molecule has 6 heteroatoms. The maximum absolute atomic E-state index is 12.1. The third kappa shape index (κ3) is 4.35. The first-order chi connectivity index (χ1) is 11.6. The number of amidine groups is 1. The van der Waals surface area contributed by atoms with Gasteiger partial charge in [0, 0.05) is 5.69 Å². The Kier molecular flexibility index (Phi) is 6.37. The van der Waals surface area contributed by atoms with E-state index in [2.05, 4.69) is 5.32 Å². The zero-order chi connectivity index (χ0) is 17.5. The first-order valence-corrected chi connectivity index (χ1v) is 8.75. The van der Waals surface area contributed by atoms with Crippen LogP contribution in [0.5, 0.6) is 5.75 Å². The smallest absolute Gasteiger partial charge is 0.341 e. The normalized spacial score (nSPS) is 10.5. The Bertz CT molecular complexity index is 694. The summed E-state index contributed by atoms with van der Waals surface area (Å²) in [6, 6.07) is 8.96. The fourth-order valence-electron chi connectivity index (χ4n) is 2.24. The number of hydrogen-bond donors (Lipinski definition) is 2. The first-order valence-electron chi connectivity index (χ1n) is 7.87. The van der Waals surface area contributed by atoms with Crippen molar-refractivity contribution in [2.45, 2.75) is 32.8 Å². The van der Waals surface area contributed by atoms with E-state index in [9.17, 15) is 4.79 Å². The van der Waals surface area contributed by atoms with Crippen molar-refractivity contribution in [2.75, 3.05) is 12.4 Å². The lowest BCUT2D eigenvalue weighted by atomic mass is 10.1. The Hall–Kier alpha value is -2.34. The van der Waals surface area contributed by atoms with Gasteiger partial charge >= 0.3 is 5.97 Å². The first kappa shape index (κ1) is 18.0. The summed E-state index contributed by atoms with van der Waals surface area (Å²) in [5.41, 5.74) is 0.999. The number of ether oxygens (including phenoxy) is 2. The number of benzene rings is 1. The van der Waals surface area contributed by atoms with Crippen LogP contribution in [-0.2, 0) is 4.74 Å². The minimum absolute atomic E-state index is 0.0524. The maximum Gasteiger partial charge on any atom is 0.341 e. The second kappa shape index (κ2) is 8.49. The van der Waals surface area contributed by atoms with Gasteiger partial charge in [-0.25, -0.2) is 4.79 Å². The van der Waals surface area contributed by atoms with E-state index in [1.165, 1.54) is 18.4 Å². The van der Waals surface area contributed by atoms with E-state index in [-0.39, 0.29) is 11.9 Å². The molecule has 0 bridgehead atoms. The van der Waals surface area contributed by atoms with E-state index < -0.39 is 5.97 Å². The summed E-state index contributed by atoms with van der Waals surface area (Å²) in [5, 5.41) is 13.0. The summed E-state index contributed by atoms with van der Waals surface area (Å²) in [6.45, 7) is 4.09. The van der Waals surface area contributed by atoms with E-state index in [1.807, 2.05) is 31.4 Å².